The number of nitrogens with zero attached hydrogens (tertiary/aromatic N) is 2. The van der Waals surface area contributed by atoms with E-state index in [1.54, 1.807) is 0 Å². The molecule has 2 heteroatoms. The quantitative estimate of drug-likeness (QED) is 0.114. The van der Waals surface area contributed by atoms with Crippen molar-refractivity contribution in [1.29, 1.82) is 0 Å². The zero-order chi connectivity index (χ0) is 51.4. The summed E-state index contributed by atoms with van der Waals surface area (Å²) in [7, 11) is 0. The first kappa shape index (κ1) is 47.0. The average Bonchev–Trinajstić information content (AvgIpc) is 3.96. The van der Waals surface area contributed by atoms with Crippen molar-refractivity contribution < 1.29 is 0 Å². The van der Waals surface area contributed by atoms with Gasteiger partial charge in [-0.05, 0) is 176 Å². The molecule has 76 heavy (non-hydrogen) atoms. The van der Waals surface area contributed by atoms with E-state index in [2.05, 4.69) is 292 Å². The molecule has 11 aromatic rings. The third kappa shape index (κ3) is 7.53. The van der Waals surface area contributed by atoms with E-state index in [4.69, 9.17) is 0 Å². The number of hydrogen-bond donors (Lipinski definition) is 0. The fourth-order valence-electron chi connectivity index (χ4n) is 13.5. The molecule has 0 spiro atoms. The van der Waals surface area contributed by atoms with E-state index in [1.165, 1.54) is 88.7 Å². The van der Waals surface area contributed by atoms with Gasteiger partial charge in [0.15, 0.2) is 0 Å². The first-order valence-electron chi connectivity index (χ1n) is 27.5. The first-order chi connectivity index (χ1) is 37.5. The Kier molecular flexibility index (Phi) is 11.9. The monoisotopic (exact) mass is 978 g/mol. The third-order valence-electron chi connectivity index (χ3n) is 17.5. The second-order valence-electron chi connectivity index (χ2n) is 20.9. The SMILES string of the molecule is CCC1(CC)c2ccccc2-c2ccc(N(c3ccc(-c4ccccc4)cc3)c3ccc(-c4ccc(N(c5ccc(-c6ccccc6)cc5)c5ccc6c(c5)C(CC)(CC)c5ccccc5-6)c5ccccc45)cc3)cc21. The molecule has 2 aliphatic rings. The maximum atomic E-state index is 2.50. The summed E-state index contributed by atoms with van der Waals surface area (Å²) in [6, 6.07) is 95.1. The van der Waals surface area contributed by atoms with Gasteiger partial charge in [-0.2, -0.15) is 0 Å². The summed E-state index contributed by atoms with van der Waals surface area (Å²) >= 11 is 0. The highest BCUT2D eigenvalue weighted by Crippen LogP contribution is 2.56. The summed E-state index contributed by atoms with van der Waals surface area (Å²) in [6.45, 7) is 9.42. The molecule has 0 aliphatic heterocycles. The van der Waals surface area contributed by atoms with Crippen molar-refractivity contribution in [3.05, 3.63) is 277 Å². The minimum atomic E-state index is -0.0495. The lowest BCUT2D eigenvalue weighted by molar-refractivity contribution is 0.490. The lowest BCUT2D eigenvalue weighted by Crippen LogP contribution is -2.23. The van der Waals surface area contributed by atoms with Crippen molar-refractivity contribution in [3.63, 3.8) is 0 Å². The van der Waals surface area contributed by atoms with Crippen molar-refractivity contribution in [2.24, 2.45) is 0 Å². The van der Waals surface area contributed by atoms with Gasteiger partial charge in [-0.25, -0.2) is 0 Å². The number of rotatable bonds is 13. The first-order valence-corrected chi connectivity index (χ1v) is 27.5. The zero-order valence-corrected chi connectivity index (χ0v) is 44.0. The molecule has 0 atom stereocenters. The van der Waals surface area contributed by atoms with Crippen molar-refractivity contribution in [2.75, 3.05) is 9.80 Å². The van der Waals surface area contributed by atoms with Crippen molar-refractivity contribution in [1.82, 2.24) is 0 Å². The maximum Gasteiger partial charge on any atom is 0.0540 e. The van der Waals surface area contributed by atoms with Crippen LogP contribution < -0.4 is 9.80 Å². The molecule has 368 valence electrons. The van der Waals surface area contributed by atoms with Gasteiger partial charge in [0.1, 0.15) is 0 Å². The van der Waals surface area contributed by atoms with Gasteiger partial charge in [0, 0.05) is 44.7 Å². The van der Waals surface area contributed by atoms with Gasteiger partial charge >= 0.3 is 0 Å². The Labute approximate surface area is 449 Å². The lowest BCUT2D eigenvalue weighted by atomic mass is 9.74. The van der Waals surface area contributed by atoms with E-state index in [0.29, 0.717) is 0 Å². The number of hydrogen-bond acceptors (Lipinski definition) is 2. The van der Waals surface area contributed by atoms with Gasteiger partial charge in [-0.15, -0.1) is 0 Å². The fourth-order valence-corrected chi connectivity index (χ4v) is 13.5. The smallest absolute Gasteiger partial charge is 0.0540 e. The van der Waals surface area contributed by atoms with Crippen LogP contribution in [0.2, 0.25) is 0 Å². The van der Waals surface area contributed by atoms with Crippen LogP contribution in [0.15, 0.2) is 255 Å². The molecular weight excluding hydrogens is 917 g/mol. The fraction of sp³-hybridized carbons (Fsp3) is 0.135. The van der Waals surface area contributed by atoms with Crippen molar-refractivity contribution >= 4 is 44.9 Å². The third-order valence-corrected chi connectivity index (χ3v) is 17.5. The van der Waals surface area contributed by atoms with E-state index in [-0.39, 0.29) is 10.8 Å². The van der Waals surface area contributed by atoms with E-state index < -0.39 is 0 Å². The zero-order valence-electron chi connectivity index (χ0n) is 44.0. The van der Waals surface area contributed by atoms with Crippen LogP contribution in [-0.2, 0) is 10.8 Å². The lowest BCUT2D eigenvalue weighted by Gasteiger charge is -2.32. The molecule has 0 fully saturated rings. The molecule has 0 saturated heterocycles. The van der Waals surface area contributed by atoms with Crippen LogP contribution in [0.25, 0.3) is 66.4 Å². The molecule has 0 N–H and O–H groups in total. The Balaban J connectivity index is 0.923. The van der Waals surface area contributed by atoms with Crippen LogP contribution in [0.1, 0.15) is 75.6 Å². The van der Waals surface area contributed by atoms with E-state index >= 15 is 0 Å². The van der Waals surface area contributed by atoms with Gasteiger partial charge in [0.05, 0.1) is 5.69 Å². The molecule has 0 heterocycles. The summed E-state index contributed by atoms with van der Waals surface area (Å²) in [6.07, 6.45) is 4.17. The molecule has 0 bridgehead atoms. The van der Waals surface area contributed by atoms with Crippen LogP contribution in [-0.4, -0.2) is 0 Å². The molecule has 2 aliphatic carbocycles. The number of fused-ring (bicyclic) bond motifs is 7. The molecule has 2 nitrogen and oxygen atoms in total. The Hall–Kier alpha value is -8.72. The molecule has 13 rings (SSSR count). The second-order valence-corrected chi connectivity index (χ2v) is 20.9. The van der Waals surface area contributed by atoms with E-state index in [0.717, 1.165) is 59.8 Å². The second kappa shape index (κ2) is 19.2. The normalized spacial score (nSPS) is 13.4. The van der Waals surface area contributed by atoms with Crippen molar-refractivity contribution in [3.8, 4) is 55.6 Å². The maximum absolute atomic E-state index is 2.50. The molecule has 0 aromatic heterocycles. The Morgan fingerprint density at radius 1 is 0.250 bits per heavy atom. The summed E-state index contributed by atoms with van der Waals surface area (Å²) in [5.41, 5.74) is 25.1. The van der Waals surface area contributed by atoms with Crippen LogP contribution in [0.3, 0.4) is 0 Å². The summed E-state index contributed by atoms with van der Waals surface area (Å²) in [5.74, 6) is 0. The van der Waals surface area contributed by atoms with Gasteiger partial charge < -0.3 is 9.80 Å². The highest BCUT2D eigenvalue weighted by Gasteiger charge is 2.42. The topological polar surface area (TPSA) is 6.48 Å². The highest BCUT2D eigenvalue weighted by atomic mass is 15.1. The predicted octanol–water partition coefficient (Wildman–Crippen LogP) is 21.0. The molecule has 0 amide bonds. The van der Waals surface area contributed by atoms with E-state index in [1.807, 2.05) is 0 Å². The largest absolute Gasteiger partial charge is 0.310 e. The molecule has 11 aromatic carbocycles. The van der Waals surface area contributed by atoms with Gasteiger partial charge in [0.25, 0.3) is 0 Å². The summed E-state index contributed by atoms with van der Waals surface area (Å²) in [4.78, 5) is 4.94. The summed E-state index contributed by atoms with van der Waals surface area (Å²) < 4.78 is 0. The molecule has 0 unspecified atom stereocenters. The minimum absolute atomic E-state index is 0.0367. The van der Waals surface area contributed by atoms with E-state index in [9.17, 15) is 0 Å². The van der Waals surface area contributed by atoms with Gasteiger partial charge in [0.2, 0.25) is 0 Å². The average molecular weight is 979 g/mol. The van der Waals surface area contributed by atoms with Gasteiger partial charge in [-0.3, -0.25) is 0 Å². The number of benzene rings is 11. The predicted molar refractivity (Wildman–Crippen MR) is 323 cm³/mol. The van der Waals surface area contributed by atoms with Crippen LogP contribution in [0, 0.1) is 0 Å². The highest BCUT2D eigenvalue weighted by molar-refractivity contribution is 6.06. The Morgan fingerprint density at radius 2 is 0.592 bits per heavy atom. The van der Waals surface area contributed by atoms with Crippen molar-refractivity contribution in [2.45, 2.75) is 64.2 Å². The van der Waals surface area contributed by atoms with Crippen LogP contribution >= 0.6 is 0 Å². The Morgan fingerprint density at radius 3 is 1.07 bits per heavy atom. The van der Waals surface area contributed by atoms with Gasteiger partial charge in [-0.1, -0.05) is 216 Å². The van der Waals surface area contributed by atoms with Crippen LogP contribution in [0.4, 0.5) is 34.1 Å². The summed E-state index contributed by atoms with van der Waals surface area (Å²) in [5, 5.41) is 2.41. The Bertz CT molecular complexity index is 3900. The molecular formula is C74H62N2. The molecule has 0 radical (unpaired) electrons. The van der Waals surface area contributed by atoms with Crippen LogP contribution in [0.5, 0.6) is 0 Å². The number of anilines is 6. The standard InChI is InChI=1S/C74H62N2/c1-5-73(6-2)68-29-19-17-26-63(68)65-45-43-59(49-70(65)73)75(56-37-31-53(32-38-56)51-21-11-9-12-22-51)57-41-35-55(36-42-57)61-47-48-72(67-28-16-15-25-62(61)67)76(58-39-33-54(34-40-58)52-23-13-10-14-24-52)60-44-46-66-64-27-18-20-30-69(64)74(7-3,8-4)71(66)50-60/h9-50H,5-8H2,1-4H3. The minimum Gasteiger partial charge on any atom is -0.310 e. The molecule has 0 saturated carbocycles.